The second kappa shape index (κ2) is 7.42. The van der Waals surface area contributed by atoms with Crippen molar-refractivity contribution in [2.75, 3.05) is 62.9 Å². The molecule has 2 saturated heterocycles. The van der Waals surface area contributed by atoms with Gasteiger partial charge in [0, 0.05) is 39.2 Å². The van der Waals surface area contributed by atoms with Crippen LogP contribution >= 0.6 is 11.6 Å². The minimum atomic E-state index is 0.225. The molecule has 1 aromatic rings. The molecule has 0 spiro atoms. The normalized spacial score (nSPS) is 21.5. The smallest absolute Gasteiger partial charge is 0.226 e. The second-order valence-corrected chi connectivity index (χ2v) is 6.19. The van der Waals surface area contributed by atoms with Gasteiger partial charge in [-0.1, -0.05) is 0 Å². The Morgan fingerprint density at radius 2 is 2.09 bits per heavy atom. The Hall–Kier alpha value is -1.44. The highest BCUT2D eigenvalue weighted by molar-refractivity contribution is 6.28. The molecule has 126 valence electrons. The highest BCUT2D eigenvalue weighted by Gasteiger charge is 2.24. The third kappa shape index (κ3) is 3.73. The van der Waals surface area contributed by atoms with Crippen LogP contribution in [0.15, 0.2) is 4.99 Å². The molecule has 1 atom stereocenters. The van der Waals surface area contributed by atoms with E-state index >= 15 is 0 Å². The van der Waals surface area contributed by atoms with Gasteiger partial charge in [-0.25, -0.2) is 0 Å². The molecule has 0 radical (unpaired) electrons. The van der Waals surface area contributed by atoms with Crippen LogP contribution in [-0.2, 0) is 9.47 Å². The molecule has 2 aliphatic heterocycles. The molecular formula is C15H22ClN5O2. The van der Waals surface area contributed by atoms with Crippen molar-refractivity contribution >= 4 is 35.6 Å². The minimum Gasteiger partial charge on any atom is -0.381 e. The lowest BCUT2D eigenvalue weighted by Gasteiger charge is -2.30. The summed E-state index contributed by atoms with van der Waals surface area (Å²) in [4.78, 5) is 17.2. The van der Waals surface area contributed by atoms with Crippen LogP contribution in [0.1, 0.15) is 6.42 Å². The number of hydrogen-bond donors (Lipinski definition) is 0. The van der Waals surface area contributed by atoms with Crippen LogP contribution in [0.4, 0.5) is 17.3 Å². The molecule has 3 heterocycles. The second-order valence-electron chi connectivity index (χ2n) is 5.86. The Kier molecular flexibility index (Phi) is 5.30. The lowest BCUT2D eigenvalue weighted by atomic mass is 10.1. The molecule has 1 unspecified atom stereocenters. The van der Waals surface area contributed by atoms with Crippen molar-refractivity contribution < 1.29 is 9.47 Å². The van der Waals surface area contributed by atoms with Gasteiger partial charge in [-0.2, -0.15) is 9.97 Å². The monoisotopic (exact) mass is 339 g/mol. The maximum atomic E-state index is 6.17. The standard InChI is InChI=1S/C15H22ClN5O2/c1-17-12-13(20(2)9-11-3-6-23-10-11)18-15(16)19-14(12)21-4-7-22-8-5-21/h11H,1,3-10H2,2H3. The van der Waals surface area contributed by atoms with Gasteiger partial charge in [-0.05, 0) is 24.7 Å². The van der Waals surface area contributed by atoms with E-state index in [1.165, 1.54) is 0 Å². The van der Waals surface area contributed by atoms with E-state index in [9.17, 15) is 0 Å². The maximum Gasteiger partial charge on any atom is 0.226 e. The Bertz CT molecular complexity index is 559. The van der Waals surface area contributed by atoms with Gasteiger partial charge in [-0.3, -0.25) is 4.99 Å². The SMILES string of the molecule is C=Nc1c(N(C)CC2CCOC2)nc(Cl)nc1N1CCOCC1. The summed E-state index contributed by atoms with van der Waals surface area (Å²) in [5, 5.41) is 0.225. The van der Waals surface area contributed by atoms with Crippen molar-refractivity contribution in [3.8, 4) is 0 Å². The molecule has 0 bridgehead atoms. The fourth-order valence-electron chi connectivity index (χ4n) is 3.01. The van der Waals surface area contributed by atoms with Crippen LogP contribution in [0.3, 0.4) is 0 Å². The number of rotatable bonds is 5. The first kappa shape index (κ1) is 16.4. The highest BCUT2D eigenvalue weighted by atomic mass is 35.5. The number of nitrogens with zero attached hydrogens (tertiary/aromatic N) is 5. The number of aromatic nitrogens is 2. The van der Waals surface area contributed by atoms with Gasteiger partial charge in [-0.15, -0.1) is 0 Å². The van der Waals surface area contributed by atoms with Crippen LogP contribution in [0, 0.1) is 5.92 Å². The van der Waals surface area contributed by atoms with E-state index in [-0.39, 0.29) is 5.28 Å². The van der Waals surface area contributed by atoms with Gasteiger partial charge in [0.15, 0.2) is 11.6 Å². The predicted octanol–water partition coefficient (Wildman–Crippen LogP) is 1.77. The number of morpholine rings is 1. The number of ether oxygens (including phenoxy) is 2. The van der Waals surface area contributed by atoms with Crippen LogP contribution < -0.4 is 9.80 Å². The zero-order valence-corrected chi connectivity index (χ0v) is 14.1. The Balaban J connectivity index is 1.88. The van der Waals surface area contributed by atoms with Gasteiger partial charge >= 0.3 is 0 Å². The van der Waals surface area contributed by atoms with E-state index < -0.39 is 0 Å². The summed E-state index contributed by atoms with van der Waals surface area (Å²) in [5.74, 6) is 1.94. The molecule has 2 fully saturated rings. The summed E-state index contributed by atoms with van der Waals surface area (Å²) in [5.41, 5.74) is 0.678. The first-order valence-corrected chi connectivity index (χ1v) is 8.22. The largest absolute Gasteiger partial charge is 0.381 e. The lowest BCUT2D eigenvalue weighted by molar-refractivity contribution is 0.122. The van der Waals surface area contributed by atoms with Crippen LogP contribution in [-0.4, -0.2) is 69.8 Å². The van der Waals surface area contributed by atoms with Crippen molar-refractivity contribution in [3.63, 3.8) is 0 Å². The summed E-state index contributed by atoms with van der Waals surface area (Å²) >= 11 is 6.17. The minimum absolute atomic E-state index is 0.225. The van der Waals surface area contributed by atoms with Crippen LogP contribution in [0.2, 0.25) is 5.28 Å². The number of aliphatic imine (C=N–C) groups is 1. The lowest BCUT2D eigenvalue weighted by Crippen LogP contribution is -2.37. The quantitative estimate of drug-likeness (QED) is 0.602. The Morgan fingerprint density at radius 1 is 1.30 bits per heavy atom. The van der Waals surface area contributed by atoms with Gasteiger partial charge in [0.2, 0.25) is 5.28 Å². The number of anilines is 2. The maximum absolute atomic E-state index is 6.17. The van der Waals surface area contributed by atoms with E-state index in [4.69, 9.17) is 21.1 Å². The predicted molar refractivity (Wildman–Crippen MR) is 91.5 cm³/mol. The van der Waals surface area contributed by atoms with Gasteiger partial charge < -0.3 is 19.3 Å². The van der Waals surface area contributed by atoms with Gasteiger partial charge in [0.1, 0.15) is 5.69 Å². The molecule has 8 heteroatoms. The molecule has 1 aromatic heterocycles. The van der Waals surface area contributed by atoms with Crippen molar-refractivity contribution in [1.82, 2.24) is 9.97 Å². The number of halogens is 1. The third-order valence-electron chi connectivity index (χ3n) is 4.21. The summed E-state index contributed by atoms with van der Waals surface area (Å²) < 4.78 is 10.9. The van der Waals surface area contributed by atoms with Crippen molar-refractivity contribution in [2.45, 2.75) is 6.42 Å². The fraction of sp³-hybridized carbons (Fsp3) is 0.667. The summed E-state index contributed by atoms with van der Waals surface area (Å²) in [6.45, 7) is 9.03. The van der Waals surface area contributed by atoms with Crippen molar-refractivity contribution in [3.05, 3.63) is 5.28 Å². The Labute approximate surface area is 141 Å². The molecule has 0 amide bonds. The van der Waals surface area contributed by atoms with Crippen LogP contribution in [0.25, 0.3) is 0 Å². The molecule has 23 heavy (non-hydrogen) atoms. The average Bonchev–Trinajstić information content (AvgIpc) is 3.07. The van der Waals surface area contributed by atoms with E-state index in [1.54, 1.807) is 0 Å². The third-order valence-corrected chi connectivity index (χ3v) is 4.38. The van der Waals surface area contributed by atoms with E-state index in [1.807, 2.05) is 7.05 Å². The molecular weight excluding hydrogens is 318 g/mol. The molecule has 0 N–H and O–H groups in total. The number of hydrogen-bond acceptors (Lipinski definition) is 7. The molecule has 0 aliphatic carbocycles. The molecule has 2 aliphatic rings. The van der Waals surface area contributed by atoms with E-state index in [0.717, 1.165) is 45.1 Å². The first-order valence-electron chi connectivity index (χ1n) is 7.85. The fourth-order valence-corrected chi connectivity index (χ4v) is 3.17. The molecule has 7 nitrogen and oxygen atoms in total. The van der Waals surface area contributed by atoms with Crippen LogP contribution in [0.5, 0.6) is 0 Å². The summed E-state index contributed by atoms with van der Waals surface area (Å²) in [7, 11) is 1.99. The summed E-state index contributed by atoms with van der Waals surface area (Å²) in [6.07, 6.45) is 1.07. The molecule has 0 saturated carbocycles. The van der Waals surface area contributed by atoms with Gasteiger partial charge in [0.05, 0.1) is 19.8 Å². The zero-order chi connectivity index (χ0) is 16.2. The topological polar surface area (TPSA) is 63.1 Å². The van der Waals surface area contributed by atoms with Crippen molar-refractivity contribution in [2.24, 2.45) is 10.9 Å². The van der Waals surface area contributed by atoms with E-state index in [2.05, 4.69) is 31.5 Å². The van der Waals surface area contributed by atoms with Crippen molar-refractivity contribution in [1.29, 1.82) is 0 Å². The Morgan fingerprint density at radius 3 is 2.74 bits per heavy atom. The molecule has 0 aromatic carbocycles. The molecule has 3 rings (SSSR count). The zero-order valence-electron chi connectivity index (χ0n) is 13.4. The first-order chi connectivity index (χ1) is 11.2. The summed E-state index contributed by atoms with van der Waals surface area (Å²) in [6, 6.07) is 0. The van der Waals surface area contributed by atoms with E-state index in [0.29, 0.717) is 30.6 Å². The highest BCUT2D eigenvalue weighted by Crippen LogP contribution is 2.36. The van der Waals surface area contributed by atoms with Gasteiger partial charge in [0.25, 0.3) is 0 Å². The average molecular weight is 340 g/mol.